The summed E-state index contributed by atoms with van der Waals surface area (Å²) in [5.41, 5.74) is 6.20. The van der Waals surface area contributed by atoms with Crippen molar-refractivity contribution < 1.29 is 14.4 Å². The molecule has 2 aliphatic rings. The number of likely N-dealkylation sites (N-methyl/N-ethyl adjacent to an activating group) is 1. The number of nitrogens with one attached hydrogen (secondary N) is 2. The van der Waals surface area contributed by atoms with E-state index < -0.39 is 23.4 Å². The fourth-order valence-corrected chi connectivity index (χ4v) is 4.25. The van der Waals surface area contributed by atoms with Crippen molar-refractivity contribution in [2.24, 2.45) is 11.1 Å². The summed E-state index contributed by atoms with van der Waals surface area (Å²) in [7, 11) is 1.73. The number of para-hydroxylation sites is 1. The number of carbonyl (C=O) groups is 3. The fourth-order valence-electron chi connectivity index (χ4n) is 4.25. The van der Waals surface area contributed by atoms with E-state index in [1.807, 2.05) is 24.3 Å². The average molecular weight is 372 g/mol. The summed E-state index contributed by atoms with van der Waals surface area (Å²) in [6.07, 6.45) is 0.822. The largest absolute Gasteiger partial charge is 0.368 e. The zero-order valence-corrected chi connectivity index (χ0v) is 16.3. The summed E-state index contributed by atoms with van der Waals surface area (Å²) in [6.45, 7) is 6.33. The topological polar surface area (TPSA) is 105 Å². The summed E-state index contributed by atoms with van der Waals surface area (Å²) >= 11 is 0. The number of rotatable bonds is 4. The first-order valence-corrected chi connectivity index (χ1v) is 9.27. The monoisotopic (exact) mass is 372 g/mol. The third-order valence-electron chi connectivity index (χ3n) is 5.56. The Morgan fingerprint density at radius 2 is 2.04 bits per heavy atom. The van der Waals surface area contributed by atoms with Gasteiger partial charge in [-0.3, -0.25) is 14.4 Å². The molecular weight excluding hydrogens is 344 g/mol. The number of fused-ring (bicyclic) bond motifs is 2. The molecular formula is C20H28N4O3. The van der Waals surface area contributed by atoms with Crippen LogP contribution in [0.1, 0.15) is 39.2 Å². The number of likely N-dealkylation sites (tertiary alicyclic amines) is 1. The van der Waals surface area contributed by atoms with Gasteiger partial charge in [0, 0.05) is 12.2 Å². The fraction of sp³-hybridized carbons (Fsp3) is 0.550. The molecule has 1 aromatic carbocycles. The highest BCUT2D eigenvalue weighted by molar-refractivity contribution is 6.08. The second-order valence-electron chi connectivity index (χ2n) is 8.78. The second kappa shape index (κ2) is 6.64. The molecule has 3 amide bonds. The van der Waals surface area contributed by atoms with Crippen LogP contribution in [0.5, 0.6) is 0 Å². The molecule has 3 atom stereocenters. The Morgan fingerprint density at radius 1 is 1.37 bits per heavy atom. The number of hydrogen-bond donors (Lipinski definition) is 3. The molecule has 0 radical (unpaired) electrons. The highest BCUT2D eigenvalue weighted by atomic mass is 16.2. The molecule has 27 heavy (non-hydrogen) atoms. The van der Waals surface area contributed by atoms with Gasteiger partial charge in [0.1, 0.15) is 6.04 Å². The van der Waals surface area contributed by atoms with Crippen molar-refractivity contribution in [2.45, 2.75) is 51.1 Å². The Balaban J connectivity index is 1.96. The molecule has 4 N–H and O–H groups in total. The molecule has 1 spiro atoms. The number of amides is 3. The van der Waals surface area contributed by atoms with Crippen LogP contribution in [0.25, 0.3) is 0 Å². The highest BCUT2D eigenvalue weighted by Gasteiger charge is 2.57. The smallest absolute Gasteiger partial charge is 0.240 e. The molecule has 2 aliphatic heterocycles. The number of benzene rings is 1. The minimum atomic E-state index is -0.925. The van der Waals surface area contributed by atoms with Crippen LogP contribution in [0.15, 0.2) is 24.3 Å². The lowest BCUT2D eigenvalue weighted by atomic mass is 9.79. The molecule has 7 nitrogen and oxygen atoms in total. The quantitative estimate of drug-likeness (QED) is 0.733. The van der Waals surface area contributed by atoms with Crippen LogP contribution in [0.2, 0.25) is 0 Å². The first-order chi connectivity index (χ1) is 12.6. The molecule has 0 aromatic heterocycles. The number of hydrogen-bond acceptors (Lipinski definition) is 4. The number of nitrogens with zero attached hydrogens (tertiary/aromatic N) is 1. The van der Waals surface area contributed by atoms with Gasteiger partial charge in [0.15, 0.2) is 0 Å². The Bertz CT molecular complexity index is 786. The maximum atomic E-state index is 13.3. The van der Waals surface area contributed by atoms with Gasteiger partial charge in [-0.25, -0.2) is 0 Å². The Labute approximate surface area is 159 Å². The van der Waals surface area contributed by atoms with Crippen molar-refractivity contribution in [1.82, 2.24) is 10.2 Å². The van der Waals surface area contributed by atoms with Crippen molar-refractivity contribution in [3.05, 3.63) is 29.8 Å². The van der Waals surface area contributed by atoms with Crippen LogP contribution >= 0.6 is 0 Å². The van der Waals surface area contributed by atoms with Crippen molar-refractivity contribution >= 4 is 23.4 Å². The molecule has 1 saturated heterocycles. The standard InChI is InChI=1S/C20H28N4O3/c1-19(2,3)9-14(22-4)17(26)24-11-20(10-15(24)16(21)25)12-7-5-6-8-13(12)23-18(20)27/h5-8,14-15,22H,9-11H2,1-4H3,(H2,21,25)(H,23,27)/t14-,15-,20-/m0/s1. The summed E-state index contributed by atoms with van der Waals surface area (Å²) in [5, 5.41) is 5.95. The van der Waals surface area contributed by atoms with E-state index in [9.17, 15) is 14.4 Å². The zero-order chi connectivity index (χ0) is 20.0. The van der Waals surface area contributed by atoms with Gasteiger partial charge in [-0.05, 0) is 36.9 Å². The van der Waals surface area contributed by atoms with Crippen molar-refractivity contribution in [1.29, 1.82) is 0 Å². The molecule has 146 valence electrons. The van der Waals surface area contributed by atoms with E-state index in [4.69, 9.17) is 5.73 Å². The van der Waals surface area contributed by atoms with Gasteiger partial charge in [0.05, 0.1) is 11.5 Å². The van der Waals surface area contributed by atoms with Crippen LogP contribution in [0.3, 0.4) is 0 Å². The van der Waals surface area contributed by atoms with E-state index in [1.165, 1.54) is 4.90 Å². The third kappa shape index (κ3) is 3.32. The van der Waals surface area contributed by atoms with Crippen molar-refractivity contribution in [2.75, 3.05) is 18.9 Å². The van der Waals surface area contributed by atoms with Gasteiger partial charge < -0.3 is 21.3 Å². The zero-order valence-electron chi connectivity index (χ0n) is 16.3. The third-order valence-corrected chi connectivity index (χ3v) is 5.56. The minimum absolute atomic E-state index is 0.0691. The van der Waals surface area contributed by atoms with Gasteiger partial charge in [-0.15, -0.1) is 0 Å². The summed E-state index contributed by atoms with van der Waals surface area (Å²) < 4.78 is 0. The number of primary amides is 1. The molecule has 0 aliphatic carbocycles. The van der Waals surface area contributed by atoms with Crippen molar-refractivity contribution in [3.8, 4) is 0 Å². The predicted octanol–water partition coefficient (Wildman–Crippen LogP) is 0.987. The molecule has 0 unspecified atom stereocenters. The van der Waals surface area contributed by atoms with E-state index in [2.05, 4.69) is 31.4 Å². The Hall–Kier alpha value is -2.41. The van der Waals surface area contributed by atoms with Gasteiger partial charge in [-0.2, -0.15) is 0 Å². The second-order valence-corrected chi connectivity index (χ2v) is 8.78. The molecule has 3 rings (SSSR count). The predicted molar refractivity (Wildman–Crippen MR) is 103 cm³/mol. The lowest BCUT2D eigenvalue weighted by Gasteiger charge is -2.31. The van der Waals surface area contributed by atoms with Crippen LogP contribution in [-0.4, -0.2) is 48.3 Å². The molecule has 7 heteroatoms. The molecule has 0 bridgehead atoms. The molecule has 1 fully saturated rings. The van der Waals surface area contributed by atoms with Crippen LogP contribution in [0, 0.1) is 5.41 Å². The maximum absolute atomic E-state index is 13.3. The number of carbonyl (C=O) groups excluding carboxylic acids is 3. The van der Waals surface area contributed by atoms with Gasteiger partial charge in [-0.1, -0.05) is 39.0 Å². The minimum Gasteiger partial charge on any atom is -0.368 e. The van der Waals surface area contributed by atoms with Crippen LogP contribution in [0.4, 0.5) is 5.69 Å². The first kappa shape index (κ1) is 19.4. The Kier molecular flexibility index (Phi) is 4.76. The Morgan fingerprint density at radius 3 is 2.63 bits per heavy atom. The van der Waals surface area contributed by atoms with E-state index >= 15 is 0 Å². The van der Waals surface area contributed by atoms with Crippen LogP contribution < -0.4 is 16.4 Å². The van der Waals surface area contributed by atoms with Gasteiger partial charge >= 0.3 is 0 Å². The highest BCUT2D eigenvalue weighted by Crippen LogP contribution is 2.46. The number of nitrogens with two attached hydrogens (primary N) is 1. The molecule has 0 saturated carbocycles. The van der Waals surface area contributed by atoms with Crippen molar-refractivity contribution in [3.63, 3.8) is 0 Å². The van der Waals surface area contributed by atoms with E-state index in [0.717, 1.165) is 11.3 Å². The van der Waals surface area contributed by atoms with Crippen LogP contribution in [-0.2, 0) is 19.8 Å². The van der Waals surface area contributed by atoms with E-state index in [-0.39, 0.29) is 30.2 Å². The molecule has 1 aromatic rings. The first-order valence-electron chi connectivity index (χ1n) is 9.27. The number of anilines is 1. The van der Waals surface area contributed by atoms with E-state index in [1.54, 1.807) is 7.05 Å². The summed E-state index contributed by atoms with van der Waals surface area (Å²) in [5.74, 6) is -0.949. The van der Waals surface area contributed by atoms with Gasteiger partial charge in [0.25, 0.3) is 0 Å². The van der Waals surface area contributed by atoms with Gasteiger partial charge in [0.2, 0.25) is 17.7 Å². The maximum Gasteiger partial charge on any atom is 0.240 e. The van der Waals surface area contributed by atoms with E-state index in [0.29, 0.717) is 6.42 Å². The average Bonchev–Trinajstić information content (AvgIpc) is 3.12. The molecule has 2 heterocycles. The SMILES string of the molecule is CN[C@@H](CC(C)(C)C)C(=O)N1C[C@]2(C[C@H]1C(N)=O)C(=O)Nc1ccccc12. The summed E-state index contributed by atoms with van der Waals surface area (Å²) in [6, 6.07) is 6.18. The summed E-state index contributed by atoms with van der Waals surface area (Å²) in [4.78, 5) is 39.7. The lowest BCUT2D eigenvalue weighted by molar-refractivity contribution is -0.139. The normalized spacial score (nSPS) is 25.4. The lowest BCUT2D eigenvalue weighted by Crippen LogP contribution is -2.52.